The highest BCUT2D eigenvalue weighted by atomic mass is 32.2. The molecule has 3 rings (SSSR count). The average molecular weight is 296 g/mol. The van der Waals surface area contributed by atoms with Gasteiger partial charge in [0.2, 0.25) is 0 Å². The van der Waals surface area contributed by atoms with Crippen LogP contribution in [0.4, 0.5) is 0 Å². The van der Waals surface area contributed by atoms with Crippen LogP contribution in [0.15, 0.2) is 29.2 Å². The highest BCUT2D eigenvalue weighted by Crippen LogP contribution is 2.48. The van der Waals surface area contributed by atoms with E-state index in [2.05, 4.69) is 0 Å². The SMILES string of the molecule is CO[C@H]1C[C@@H]2C[C@@H]1[C@H](OS(=O)(=O)c1ccc(C)cc1)C2. The monoisotopic (exact) mass is 296 g/mol. The van der Waals surface area contributed by atoms with Crippen LogP contribution in [0.1, 0.15) is 24.8 Å². The minimum absolute atomic E-state index is 0.145. The van der Waals surface area contributed by atoms with E-state index in [0.717, 1.165) is 24.8 Å². The van der Waals surface area contributed by atoms with Crippen LogP contribution in [0.2, 0.25) is 0 Å². The van der Waals surface area contributed by atoms with Crippen LogP contribution in [-0.2, 0) is 19.0 Å². The number of hydrogen-bond acceptors (Lipinski definition) is 4. The first-order valence-electron chi connectivity index (χ1n) is 7.02. The van der Waals surface area contributed by atoms with E-state index in [1.807, 2.05) is 6.92 Å². The van der Waals surface area contributed by atoms with E-state index in [0.29, 0.717) is 5.92 Å². The van der Waals surface area contributed by atoms with Crippen molar-refractivity contribution >= 4 is 10.1 Å². The summed E-state index contributed by atoms with van der Waals surface area (Å²) >= 11 is 0. The van der Waals surface area contributed by atoms with Gasteiger partial charge in [0.15, 0.2) is 0 Å². The molecule has 0 aliphatic heterocycles. The standard InChI is InChI=1S/C15H20O4S/c1-10-3-5-12(6-4-10)20(16,17)19-15-9-11-7-13(15)14(8-11)18-2/h3-6,11,13-15H,7-9H2,1-2H3/t11-,13-,14-,15+/m0/s1. The third-order valence-electron chi connectivity index (χ3n) is 4.55. The van der Waals surface area contributed by atoms with Crippen molar-refractivity contribution < 1.29 is 17.3 Å². The number of aryl methyl sites for hydroxylation is 1. The van der Waals surface area contributed by atoms with Gasteiger partial charge in [0.05, 0.1) is 17.1 Å². The van der Waals surface area contributed by atoms with Gasteiger partial charge in [-0.3, -0.25) is 4.18 Å². The molecule has 4 nitrogen and oxygen atoms in total. The largest absolute Gasteiger partial charge is 0.381 e. The number of fused-ring (bicyclic) bond motifs is 2. The summed E-state index contributed by atoms with van der Waals surface area (Å²) in [5.74, 6) is 0.758. The Morgan fingerprint density at radius 3 is 2.30 bits per heavy atom. The van der Waals surface area contributed by atoms with Crippen molar-refractivity contribution in [2.75, 3.05) is 7.11 Å². The summed E-state index contributed by atoms with van der Waals surface area (Å²) < 4.78 is 35.5. The van der Waals surface area contributed by atoms with E-state index in [9.17, 15) is 8.42 Å². The van der Waals surface area contributed by atoms with E-state index >= 15 is 0 Å². The summed E-state index contributed by atoms with van der Waals surface area (Å²) in [6.45, 7) is 1.93. The van der Waals surface area contributed by atoms with Gasteiger partial charge in [-0.2, -0.15) is 8.42 Å². The molecule has 0 amide bonds. The predicted molar refractivity (Wildman–Crippen MR) is 74.9 cm³/mol. The molecular formula is C15H20O4S. The molecule has 0 unspecified atom stereocenters. The van der Waals surface area contributed by atoms with Gasteiger partial charge >= 0.3 is 0 Å². The first-order chi connectivity index (χ1) is 9.49. The Kier molecular flexibility index (Phi) is 3.60. The molecule has 2 aliphatic rings. The van der Waals surface area contributed by atoms with Crippen molar-refractivity contribution in [2.24, 2.45) is 11.8 Å². The molecule has 4 atom stereocenters. The Hall–Kier alpha value is -0.910. The molecule has 20 heavy (non-hydrogen) atoms. The molecule has 1 aromatic rings. The molecule has 5 heteroatoms. The summed E-state index contributed by atoms with van der Waals surface area (Å²) in [5.41, 5.74) is 1.03. The zero-order valence-electron chi connectivity index (χ0n) is 11.8. The molecule has 0 aromatic heterocycles. The lowest BCUT2D eigenvalue weighted by molar-refractivity contribution is 0.00513. The maximum atomic E-state index is 12.3. The fourth-order valence-corrected chi connectivity index (χ4v) is 4.66. The van der Waals surface area contributed by atoms with Crippen molar-refractivity contribution in [2.45, 2.75) is 43.3 Å². The topological polar surface area (TPSA) is 52.6 Å². The molecule has 2 saturated carbocycles. The molecule has 0 N–H and O–H groups in total. The highest BCUT2D eigenvalue weighted by Gasteiger charge is 2.48. The van der Waals surface area contributed by atoms with E-state index in [1.165, 1.54) is 0 Å². The molecule has 1 aromatic carbocycles. The Labute approximate surface area is 120 Å². The molecule has 0 spiro atoms. The van der Waals surface area contributed by atoms with Crippen LogP contribution >= 0.6 is 0 Å². The first-order valence-corrected chi connectivity index (χ1v) is 8.43. The van der Waals surface area contributed by atoms with Gasteiger partial charge in [-0.05, 0) is 44.2 Å². The van der Waals surface area contributed by atoms with Gasteiger partial charge in [-0.25, -0.2) is 0 Å². The summed E-state index contributed by atoms with van der Waals surface area (Å²) in [5, 5.41) is 0. The third-order valence-corrected chi connectivity index (χ3v) is 5.90. The molecule has 2 aliphatic carbocycles. The van der Waals surface area contributed by atoms with Gasteiger partial charge < -0.3 is 4.74 Å². The fourth-order valence-electron chi connectivity index (χ4n) is 3.53. The summed E-state index contributed by atoms with van der Waals surface area (Å²) in [7, 11) is -1.98. The molecular weight excluding hydrogens is 276 g/mol. The van der Waals surface area contributed by atoms with Gasteiger partial charge in [-0.15, -0.1) is 0 Å². The van der Waals surface area contributed by atoms with E-state index < -0.39 is 10.1 Å². The highest BCUT2D eigenvalue weighted by molar-refractivity contribution is 7.86. The minimum atomic E-state index is -3.67. The zero-order chi connectivity index (χ0) is 14.3. The Bertz CT molecular complexity index is 578. The zero-order valence-corrected chi connectivity index (χ0v) is 12.6. The maximum absolute atomic E-state index is 12.3. The van der Waals surface area contributed by atoms with Gasteiger partial charge in [0.1, 0.15) is 0 Å². The van der Waals surface area contributed by atoms with E-state index in [-0.39, 0.29) is 23.0 Å². The van der Waals surface area contributed by atoms with Crippen LogP contribution in [-0.4, -0.2) is 27.7 Å². The average Bonchev–Trinajstić information content (AvgIpc) is 2.97. The third kappa shape index (κ3) is 2.50. The Morgan fingerprint density at radius 1 is 1.05 bits per heavy atom. The lowest BCUT2D eigenvalue weighted by Crippen LogP contribution is -2.33. The summed E-state index contributed by atoms with van der Waals surface area (Å²) in [6, 6.07) is 6.78. The van der Waals surface area contributed by atoms with E-state index in [1.54, 1.807) is 31.4 Å². The number of benzene rings is 1. The van der Waals surface area contributed by atoms with Gasteiger partial charge in [0.25, 0.3) is 10.1 Å². The number of ether oxygens (including phenoxy) is 1. The van der Waals surface area contributed by atoms with Gasteiger partial charge in [-0.1, -0.05) is 17.7 Å². The smallest absolute Gasteiger partial charge is 0.297 e. The molecule has 2 bridgehead atoms. The second kappa shape index (κ2) is 5.13. The number of methoxy groups -OCH3 is 1. The summed E-state index contributed by atoms with van der Waals surface area (Å²) in [4.78, 5) is 0.236. The Balaban J connectivity index is 1.76. The van der Waals surface area contributed by atoms with Crippen LogP contribution in [0.5, 0.6) is 0 Å². The normalized spacial score (nSPS) is 32.7. The molecule has 110 valence electrons. The Morgan fingerprint density at radius 2 is 1.70 bits per heavy atom. The van der Waals surface area contributed by atoms with Crippen LogP contribution in [0.25, 0.3) is 0 Å². The first kappa shape index (κ1) is 14.0. The lowest BCUT2D eigenvalue weighted by atomic mass is 9.95. The fraction of sp³-hybridized carbons (Fsp3) is 0.600. The molecule has 0 saturated heterocycles. The maximum Gasteiger partial charge on any atom is 0.297 e. The van der Waals surface area contributed by atoms with Crippen LogP contribution in [0.3, 0.4) is 0 Å². The predicted octanol–water partition coefficient (Wildman–Crippen LogP) is 2.51. The van der Waals surface area contributed by atoms with Crippen molar-refractivity contribution in [3.8, 4) is 0 Å². The molecule has 0 radical (unpaired) electrons. The summed E-state index contributed by atoms with van der Waals surface area (Å²) in [6.07, 6.45) is 2.80. The molecule has 2 fully saturated rings. The van der Waals surface area contributed by atoms with Crippen LogP contribution < -0.4 is 0 Å². The van der Waals surface area contributed by atoms with Crippen molar-refractivity contribution in [1.29, 1.82) is 0 Å². The van der Waals surface area contributed by atoms with Crippen LogP contribution in [0, 0.1) is 18.8 Å². The second-order valence-electron chi connectivity index (χ2n) is 5.91. The van der Waals surface area contributed by atoms with Crippen molar-refractivity contribution in [1.82, 2.24) is 0 Å². The van der Waals surface area contributed by atoms with Crippen molar-refractivity contribution in [3.05, 3.63) is 29.8 Å². The minimum Gasteiger partial charge on any atom is -0.381 e. The number of rotatable bonds is 4. The van der Waals surface area contributed by atoms with Crippen molar-refractivity contribution in [3.63, 3.8) is 0 Å². The quantitative estimate of drug-likeness (QED) is 0.801. The number of hydrogen-bond donors (Lipinski definition) is 0. The van der Waals surface area contributed by atoms with Gasteiger partial charge in [0, 0.05) is 13.0 Å². The van der Waals surface area contributed by atoms with E-state index in [4.69, 9.17) is 8.92 Å². The molecule has 0 heterocycles. The lowest BCUT2D eigenvalue weighted by Gasteiger charge is -2.27. The second-order valence-corrected chi connectivity index (χ2v) is 7.49.